The van der Waals surface area contributed by atoms with Gasteiger partial charge < -0.3 is 35.7 Å². The summed E-state index contributed by atoms with van der Waals surface area (Å²) in [4.78, 5) is 99.7. The largest absolute Gasteiger partial charge is 0.460 e. The van der Waals surface area contributed by atoms with Crippen molar-refractivity contribution in [3.63, 3.8) is 0 Å². The van der Waals surface area contributed by atoms with Gasteiger partial charge in [-0.2, -0.15) is 0 Å². The Morgan fingerprint density at radius 2 is 1.27 bits per heavy atom. The van der Waals surface area contributed by atoms with Gasteiger partial charge in [0.15, 0.2) is 0 Å². The predicted molar refractivity (Wildman–Crippen MR) is 219 cm³/mol. The van der Waals surface area contributed by atoms with Gasteiger partial charge in [-0.15, -0.1) is 0 Å². The third-order valence-electron chi connectivity index (χ3n) is 8.77. The van der Waals surface area contributed by atoms with Gasteiger partial charge >= 0.3 is 12.1 Å². The lowest BCUT2D eigenvalue weighted by Crippen LogP contribution is -2.60. The van der Waals surface area contributed by atoms with Crippen LogP contribution in [0, 0.1) is 11.8 Å². The molecule has 16 nitrogen and oxygen atoms in total. The first-order valence-corrected chi connectivity index (χ1v) is 19.8. The molecule has 320 valence electrons. The lowest BCUT2D eigenvalue weighted by Gasteiger charge is -2.28. The molecule has 4 atom stereocenters. The second kappa shape index (κ2) is 23.4. The van der Waals surface area contributed by atoms with Crippen molar-refractivity contribution in [2.45, 2.75) is 123 Å². The van der Waals surface area contributed by atoms with Crippen LogP contribution < -0.4 is 26.6 Å². The Kier molecular flexibility index (Phi) is 18.7. The zero-order chi connectivity index (χ0) is 43.5. The van der Waals surface area contributed by atoms with E-state index in [-0.39, 0.29) is 51.0 Å². The number of hydrogen-bond donors (Lipinski definition) is 6. The molecular weight excluding hydrogens is 759 g/mol. The zero-order valence-electron chi connectivity index (χ0n) is 35.0. The summed E-state index contributed by atoms with van der Waals surface area (Å²) in [7, 11) is 0. The molecule has 3 rings (SSSR count). The number of hydrogen-bond acceptors (Lipinski definition) is 10. The number of H-pyrrole nitrogens is 1. The van der Waals surface area contributed by atoms with Crippen LogP contribution in [0.25, 0.3) is 0 Å². The molecule has 0 aliphatic heterocycles. The fraction of sp³-hybridized carbons (Fsp3) is 0.488. The van der Waals surface area contributed by atoms with Gasteiger partial charge in [-0.1, -0.05) is 88.4 Å². The molecular formula is C43H59N7O9. The second-order valence-electron chi connectivity index (χ2n) is 16.1. The van der Waals surface area contributed by atoms with E-state index in [1.165, 1.54) is 12.5 Å². The van der Waals surface area contributed by atoms with Crippen LogP contribution in [0.4, 0.5) is 4.79 Å². The summed E-state index contributed by atoms with van der Waals surface area (Å²) in [5.41, 5.74) is 1.34. The van der Waals surface area contributed by atoms with Crippen molar-refractivity contribution in [1.82, 2.24) is 36.6 Å². The van der Waals surface area contributed by atoms with E-state index in [1.54, 1.807) is 71.0 Å². The first-order chi connectivity index (χ1) is 27.9. The second-order valence-corrected chi connectivity index (χ2v) is 16.1. The van der Waals surface area contributed by atoms with E-state index in [9.17, 15) is 33.6 Å². The molecule has 1 heterocycles. The van der Waals surface area contributed by atoms with Crippen LogP contribution in [0.3, 0.4) is 0 Å². The number of nitrogens with one attached hydrogen (secondary N) is 6. The molecule has 0 bridgehead atoms. The number of aromatic amines is 1. The minimum atomic E-state index is -1.24. The van der Waals surface area contributed by atoms with E-state index in [1.807, 2.05) is 38.1 Å². The summed E-state index contributed by atoms with van der Waals surface area (Å²) in [6.07, 6.45) is 2.33. The van der Waals surface area contributed by atoms with Crippen LogP contribution in [0.1, 0.15) is 91.0 Å². The lowest BCUT2D eigenvalue weighted by atomic mass is 9.99. The van der Waals surface area contributed by atoms with Gasteiger partial charge in [0.2, 0.25) is 29.5 Å². The highest BCUT2D eigenvalue weighted by atomic mass is 16.6. The number of benzene rings is 2. The molecule has 6 amide bonds. The molecule has 0 aliphatic rings. The van der Waals surface area contributed by atoms with Crippen molar-refractivity contribution in [1.29, 1.82) is 0 Å². The first kappa shape index (κ1) is 47.3. The molecule has 6 N–H and O–H groups in total. The van der Waals surface area contributed by atoms with E-state index in [0.29, 0.717) is 5.69 Å². The fourth-order valence-corrected chi connectivity index (χ4v) is 5.89. The summed E-state index contributed by atoms with van der Waals surface area (Å²) in [5.74, 6) is -4.42. The van der Waals surface area contributed by atoms with Crippen molar-refractivity contribution in [3.05, 3.63) is 90.0 Å². The molecule has 2 aromatic carbocycles. The van der Waals surface area contributed by atoms with Crippen LogP contribution in [0.15, 0.2) is 73.2 Å². The lowest BCUT2D eigenvalue weighted by molar-refractivity contribution is -0.155. The van der Waals surface area contributed by atoms with Crippen molar-refractivity contribution in [2.75, 3.05) is 0 Å². The number of imide groups is 1. The smallest absolute Gasteiger partial charge is 0.408 e. The molecule has 0 fully saturated rings. The Morgan fingerprint density at radius 3 is 1.83 bits per heavy atom. The average molecular weight is 818 g/mol. The maximum Gasteiger partial charge on any atom is 0.408 e. The number of carbonyl (C=O) groups excluding carboxylic acids is 7. The Morgan fingerprint density at radius 1 is 0.695 bits per heavy atom. The molecule has 3 aromatic rings. The van der Waals surface area contributed by atoms with E-state index >= 15 is 0 Å². The normalized spacial score (nSPS) is 13.3. The summed E-state index contributed by atoms with van der Waals surface area (Å²) in [6.45, 7) is 12.3. The first-order valence-electron chi connectivity index (χ1n) is 19.8. The van der Waals surface area contributed by atoms with Crippen LogP contribution in [0.2, 0.25) is 0 Å². The SMILES string of the molecule is CC(C)C[C@H](NC(=O)[C@H](Cc1cnc[nH]1)NC(=O)[C@H](Cc1ccccc1)NC(=O)OCc1ccccc1)C(=O)N[C@H](C(=O)NC(=O)CCCC(=O)OC(C)(C)C)C(C)C. The Bertz CT molecular complexity index is 1830. The summed E-state index contributed by atoms with van der Waals surface area (Å²) in [5, 5.41) is 13.1. The quantitative estimate of drug-likeness (QED) is 0.0853. The number of aromatic nitrogens is 2. The number of rotatable bonds is 21. The molecule has 59 heavy (non-hydrogen) atoms. The zero-order valence-corrected chi connectivity index (χ0v) is 35.0. The minimum Gasteiger partial charge on any atom is -0.460 e. The van der Waals surface area contributed by atoms with Crippen LogP contribution in [0.5, 0.6) is 0 Å². The summed E-state index contributed by atoms with van der Waals surface area (Å²) < 4.78 is 10.7. The highest BCUT2D eigenvalue weighted by Gasteiger charge is 2.33. The van der Waals surface area contributed by atoms with Crippen molar-refractivity contribution in [3.8, 4) is 0 Å². The van der Waals surface area contributed by atoms with Crippen LogP contribution >= 0.6 is 0 Å². The molecule has 0 aliphatic carbocycles. The topological polar surface area (TPSA) is 227 Å². The number of nitrogens with zero attached hydrogens (tertiary/aromatic N) is 1. The summed E-state index contributed by atoms with van der Waals surface area (Å²) in [6, 6.07) is 13.4. The Hall–Kier alpha value is -6.06. The van der Waals surface area contributed by atoms with Gasteiger partial charge in [0.25, 0.3) is 0 Å². The highest BCUT2D eigenvalue weighted by Crippen LogP contribution is 2.13. The predicted octanol–water partition coefficient (Wildman–Crippen LogP) is 3.80. The maximum absolute atomic E-state index is 14.1. The molecule has 1 aromatic heterocycles. The van der Waals surface area contributed by atoms with Gasteiger partial charge in [-0.05, 0) is 56.6 Å². The summed E-state index contributed by atoms with van der Waals surface area (Å²) >= 11 is 0. The third-order valence-corrected chi connectivity index (χ3v) is 8.77. The molecule has 0 unspecified atom stereocenters. The van der Waals surface area contributed by atoms with E-state index in [0.717, 1.165) is 11.1 Å². The number of imidazole rings is 1. The molecule has 16 heteroatoms. The van der Waals surface area contributed by atoms with E-state index < -0.39 is 77.3 Å². The monoisotopic (exact) mass is 817 g/mol. The number of ether oxygens (including phenoxy) is 2. The molecule has 0 saturated heterocycles. The fourth-order valence-electron chi connectivity index (χ4n) is 5.89. The van der Waals surface area contributed by atoms with Gasteiger partial charge in [0.1, 0.15) is 36.4 Å². The Balaban J connectivity index is 1.74. The van der Waals surface area contributed by atoms with Crippen LogP contribution in [-0.4, -0.2) is 81.3 Å². The minimum absolute atomic E-state index is 0.00683. The average Bonchev–Trinajstić information content (AvgIpc) is 3.68. The molecule has 0 radical (unpaired) electrons. The van der Waals surface area contributed by atoms with Gasteiger partial charge in [-0.3, -0.25) is 34.1 Å². The van der Waals surface area contributed by atoms with Gasteiger partial charge in [0, 0.05) is 37.6 Å². The van der Waals surface area contributed by atoms with E-state index in [2.05, 4.69) is 36.6 Å². The maximum atomic E-state index is 14.1. The number of carbonyl (C=O) groups is 7. The number of alkyl carbamates (subject to hydrolysis) is 1. The highest BCUT2D eigenvalue weighted by molar-refractivity contribution is 6.00. The van der Waals surface area contributed by atoms with Crippen molar-refractivity contribution < 1.29 is 43.0 Å². The Labute approximate surface area is 345 Å². The number of amides is 6. The van der Waals surface area contributed by atoms with Crippen LogP contribution in [-0.2, 0) is 57.7 Å². The van der Waals surface area contributed by atoms with Crippen molar-refractivity contribution in [2.24, 2.45) is 11.8 Å². The van der Waals surface area contributed by atoms with Gasteiger partial charge in [0.05, 0.1) is 6.33 Å². The molecule has 0 saturated carbocycles. The number of esters is 1. The molecule has 0 spiro atoms. The standard InChI is InChI=1S/C43H59N7O9/c1-27(2)21-32(40(55)50-37(28(3)4)41(56)49-35(51)19-14-20-36(52)59-43(5,6)7)46-39(54)34(23-31-24-44-26-45-31)47-38(53)33(22-29-15-10-8-11-16-29)48-42(57)58-25-30-17-12-9-13-18-30/h8-13,15-18,24,26-28,32-34,37H,14,19-23,25H2,1-7H3,(H,44,45)(H,46,54)(H,47,53)(H,48,57)(H,50,55)(H,49,51,56)/t32-,33-,34-,37-/m0/s1. The van der Waals surface area contributed by atoms with Crippen molar-refractivity contribution >= 4 is 41.6 Å². The third kappa shape index (κ3) is 18.0. The van der Waals surface area contributed by atoms with E-state index in [4.69, 9.17) is 9.47 Å². The van der Waals surface area contributed by atoms with Gasteiger partial charge in [-0.25, -0.2) is 9.78 Å².